The van der Waals surface area contributed by atoms with Gasteiger partial charge >= 0.3 is 5.97 Å². The van der Waals surface area contributed by atoms with Crippen molar-refractivity contribution in [1.82, 2.24) is 0 Å². The molecule has 0 spiro atoms. The number of anilines is 1. The van der Waals surface area contributed by atoms with Crippen molar-refractivity contribution in [1.29, 1.82) is 0 Å². The maximum atomic E-state index is 13.0. The molecule has 5 heteroatoms. The van der Waals surface area contributed by atoms with Crippen LogP contribution >= 0.6 is 11.8 Å². The molecule has 0 unspecified atom stereocenters. The summed E-state index contributed by atoms with van der Waals surface area (Å²) in [7, 11) is 1.34. The number of thioether (sulfide) groups is 1. The summed E-state index contributed by atoms with van der Waals surface area (Å²) in [5.41, 5.74) is 1.96. The number of fused-ring (bicyclic) bond motifs is 1. The fourth-order valence-corrected chi connectivity index (χ4v) is 3.83. The van der Waals surface area contributed by atoms with Crippen LogP contribution in [-0.4, -0.2) is 30.8 Å². The first-order valence-electron chi connectivity index (χ1n) is 7.86. The maximum Gasteiger partial charge on any atom is 0.337 e. The Labute approximate surface area is 145 Å². The third kappa shape index (κ3) is 3.31. The Kier molecular flexibility index (Phi) is 4.90. The fraction of sp³-hybridized carbons (Fsp3) is 0.263. The van der Waals surface area contributed by atoms with Crippen molar-refractivity contribution in [2.24, 2.45) is 0 Å². The molecule has 2 aromatic rings. The topological polar surface area (TPSA) is 46.6 Å². The van der Waals surface area contributed by atoms with E-state index >= 15 is 0 Å². The van der Waals surface area contributed by atoms with E-state index in [1.807, 2.05) is 23.1 Å². The molecule has 24 heavy (non-hydrogen) atoms. The smallest absolute Gasteiger partial charge is 0.337 e. The van der Waals surface area contributed by atoms with E-state index in [-0.39, 0.29) is 5.91 Å². The highest BCUT2D eigenvalue weighted by atomic mass is 32.2. The number of ether oxygens (including phenoxy) is 1. The number of esters is 1. The van der Waals surface area contributed by atoms with E-state index in [9.17, 15) is 9.59 Å². The van der Waals surface area contributed by atoms with Crippen LogP contribution < -0.4 is 4.90 Å². The molecule has 0 saturated carbocycles. The number of para-hydroxylation sites is 1. The molecule has 0 radical (unpaired) electrons. The van der Waals surface area contributed by atoms with Gasteiger partial charge in [-0.05, 0) is 42.8 Å². The normalized spacial score (nSPS) is 16.9. The van der Waals surface area contributed by atoms with E-state index in [2.05, 4.69) is 13.0 Å². The van der Waals surface area contributed by atoms with Crippen molar-refractivity contribution in [3.05, 3.63) is 59.7 Å². The molecule has 0 aromatic heterocycles. The monoisotopic (exact) mass is 341 g/mol. The summed E-state index contributed by atoms with van der Waals surface area (Å²) in [5.74, 6) is -0.451. The van der Waals surface area contributed by atoms with E-state index < -0.39 is 5.97 Å². The van der Waals surface area contributed by atoms with Crippen molar-refractivity contribution in [2.45, 2.75) is 23.5 Å². The van der Waals surface area contributed by atoms with Gasteiger partial charge in [-0.2, -0.15) is 0 Å². The molecular formula is C19H19NO3S. The van der Waals surface area contributed by atoms with E-state index in [0.717, 1.165) is 17.0 Å². The summed E-state index contributed by atoms with van der Waals surface area (Å²) in [6.07, 6.45) is 0.936. The van der Waals surface area contributed by atoms with Crippen LogP contribution in [0.4, 0.5) is 5.69 Å². The number of amides is 1. The third-order valence-corrected chi connectivity index (χ3v) is 5.28. The van der Waals surface area contributed by atoms with Crippen molar-refractivity contribution in [2.75, 3.05) is 18.6 Å². The van der Waals surface area contributed by atoms with Gasteiger partial charge in [-0.15, -0.1) is 11.8 Å². The first kappa shape index (κ1) is 16.6. The molecule has 3 rings (SSSR count). The Morgan fingerprint density at radius 2 is 1.75 bits per heavy atom. The second-order valence-corrected chi connectivity index (χ2v) is 7.19. The second kappa shape index (κ2) is 7.09. The predicted molar refractivity (Wildman–Crippen MR) is 95.8 cm³/mol. The van der Waals surface area contributed by atoms with Gasteiger partial charge in [0.2, 0.25) is 0 Å². The van der Waals surface area contributed by atoms with Crippen molar-refractivity contribution in [3.63, 3.8) is 0 Å². The predicted octanol–water partition coefficient (Wildman–Crippen LogP) is 4.00. The van der Waals surface area contributed by atoms with Gasteiger partial charge in [-0.1, -0.05) is 19.1 Å². The third-order valence-electron chi connectivity index (χ3n) is 4.04. The summed E-state index contributed by atoms with van der Waals surface area (Å²) >= 11 is 1.80. The quantitative estimate of drug-likeness (QED) is 0.775. The molecule has 1 atom stereocenters. The summed E-state index contributed by atoms with van der Waals surface area (Å²) in [6, 6.07) is 14.6. The lowest BCUT2D eigenvalue weighted by Gasteiger charge is -2.22. The van der Waals surface area contributed by atoms with Gasteiger partial charge in [0.05, 0.1) is 18.4 Å². The molecule has 1 aliphatic rings. The zero-order chi connectivity index (χ0) is 17.1. The summed E-state index contributed by atoms with van der Waals surface area (Å²) in [4.78, 5) is 27.5. The second-order valence-electron chi connectivity index (χ2n) is 5.71. The molecular weight excluding hydrogens is 322 g/mol. The summed E-state index contributed by atoms with van der Waals surface area (Å²) in [5, 5.41) is 0.464. The van der Waals surface area contributed by atoms with Gasteiger partial charge in [-0.25, -0.2) is 4.79 Å². The Morgan fingerprint density at radius 3 is 2.46 bits per heavy atom. The Morgan fingerprint density at radius 1 is 1.08 bits per heavy atom. The van der Waals surface area contributed by atoms with Crippen LogP contribution in [-0.2, 0) is 4.74 Å². The number of methoxy groups -OCH3 is 1. The van der Waals surface area contributed by atoms with Gasteiger partial charge in [-0.3, -0.25) is 4.79 Å². The van der Waals surface area contributed by atoms with Crippen LogP contribution in [0.2, 0.25) is 0 Å². The van der Waals surface area contributed by atoms with Crippen LogP contribution in [0.3, 0.4) is 0 Å². The Balaban J connectivity index is 1.90. The molecule has 4 nitrogen and oxygen atoms in total. The highest BCUT2D eigenvalue weighted by molar-refractivity contribution is 8.00. The van der Waals surface area contributed by atoms with Gasteiger partial charge in [0.1, 0.15) is 0 Å². The molecule has 1 amide bonds. The zero-order valence-corrected chi connectivity index (χ0v) is 14.5. The molecule has 0 bridgehead atoms. The minimum absolute atomic E-state index is 0.0476. The number of benzene rings is 2. The first-order valence-corrected chi connectivity index (χ1v) is 8.74. The highest BCUT2D eigenvalue weighted by Gasteiger charge is 2.25. The average molecular weight is 341 g/mol. The molecule has 0 aliphatic carbocycles. The molecule has 0 saturated heterocycles. The zero-order valence-electron chi connectivity index (χ0n) is 13.7. The van der Waals surface area contributed by atoms with E-state index in [1.54, 1.807) is 36.0 Å². The molecule has 0 N–H and O–H groups in total. The standard InChI is InChI=1S/C19H19NO3S/c1-13-11-12-20(16-5-3-4-6-17(16)24-13)18(21)14-7-9-15(10-8-14)19(22)23-2/h3-10,13H,11-12H2,1-2H3/t13-/m1/s1. The molecule has 1 heterocycles. The molecule has 1 aliphatic heterocycles. The number of nitrogens with zero attached hydrogens (tertiary/aromatic N) is 1. The number of rotatable bonds is 2. The van der Waals surface area contributed by atoms with E-state index in [0.29, 0.717) is 22.9 Å². The van der Waals surface area contributed by atoms with Crippen LogP contribution in [0.1, 0.15) is 34.1 Å². The van der Waals surface area contributed by atoms with E-state index in [4.69, 9.17) is 4.74 Å². The lowest BCUT2D eigenvalue weighted by atomic mass is 10.1. The van der Waals surface area contributed by atoms with Gasteiger partial charge in [0.25, 0.3) is 5.91 Å². The molecule has 2 aromatic carbocycles. The number of carbonyl (C=O) groups is 2. The van der Waals surface area contributed by atoms with Gasteiger partial charge in [0.15, 0.2) is 0 Å². The fourth-order valence-electron chi connectivity index (χ4n) is 2.72. The highest BCUT2D eigenvalue weighted by Crippen LogP contribution is 2.37. The number of carbonyl (C=O) groups excluding carboxylic acids is 2. The number of hydrogen-bond donors (Lipinski definition) is 0. The molecule has 124 valence electrons. The SMILES string of the molecule is COC(=O)c1ccc(C(=O)N2CC[C@@H](C)Sc3ccccc32)cc1. The summed E-state index contributed by atoms with van der Waals surface area (Å²) in [6.45, 7) is 2.86. The average Bonchev–Trinajstić information content (AvgIpc) is 2.78. The lowest BCUT2D eigenvalue weighted by molar-refractivity contribution is 0.0600. The van der Waals surface area contributed by atoms with Crippen LogP contribution in [0.5, 0.6) is 0 Å². The first-order chi connectivity index (χ1) is 11.6. The minimum atomic E-state index is -0.403. The van der Waals surface area contributed by atoms with Crippen molar-refractivity contribution in [3.8, 4) is 0 Å². The van der Waals surface area contributed by atoms with Gasteiger partial charge in [0, 0.05) is 22.3 Å². The Hall–Kier alpha value is -2.27. The van der Waals surface area contributed by atoms with Crippen LogP contribution in [0.15, 0.2) is 53.4 Å². The number of hydrogen-bond acceptors (Lipinski definition) is 4. The van der Waals surface area contributed by atoms with Crippen LogP contribution in [0, 0.1) is 0 Å². The van der Waals surface area contributed by atoms with Crippen molar-refractivity contribution < 1.29 is 14.3 Å². The lowest BCUT2D eigenvalue weighted by Crippen LogP contribution is -2.32. The van der Waals surface area contributed by atoms with E-state index in [1.165, 1.54) is 7.11 Å². The van der Waals surface area contributed by atoms with Crippen LogP contribution in [0.25, 0.3) is 0 Å². The maximum absolute atomic E-state index is 13.0. The summed E-state index contributed by atoms with van der Waals surface area (Å²) < 4.78 is 4.69. The van der Waals surface area contributed by atoms with Crippen molar-refractivity contribution >= 4 is 29.3 Å². The molecule has 0 fully saturated rings. The van der Waals surface area contributed by atoms with Gasteiger partial charge < -0.3 is 9.64 Å². The minimum Gasteiger partial charge on any atom is -0.465 e. The Bertz CT molecular complexity index is 757. The largest absolute Gasteiger partial charge is 0.465 e.